The van der Waals surface area contributed by atoms with Gasteiger partial charge >= 0.3 is 0 Å². The van der Waals surface area contributed by atoms with Gasteiger partial charge in [-0.05, 0) is 35.0 Å². The number of hydrogen-bond donors (Lipinski definition) is 1. The maximum absolute atomic E-state index is 5.70. The number of ether oxygens (including phenoxy) is 1. The van der Waals surface area contributed by atoms with Crippen molar-refractivity contribution in [1.29, 1.82) is 0 Å². The molecule has 0 unspecified atom stereocenters. The molecule has 0 saturated heterocycles. The normalized spacial score (nSPS) is 10.5. The average molecular weight is 297 g/mol. The van der Waals surface area contributed by atoms with E-state index in [1.54, 1.807) is 10.7 Å². The van der Waals surface area contributed by atoms with E-state index in [1.807, 2.05) is 19.1 Å². The number of nitrogens with zero attached hydrogens (tertiary/aromatic N) is 3. The van der Waals surface area contributed by atoms with Gasteiger partial charge < -0.3 is 10.5 Å². The zero-order chi connectivity index (χ0) is 12.3. The van der Waals surface area contributed by atoms with Crippen molar-refractivity contribution >= 4 is 21.6 Å². The molecule has 0 saturated carbocycles. The molecule has 2 rings (SSSR count). The molecular weight excluding hydrogens is 284 g/mol. The van der Waals surface area contributed by atoms with Crippen molar-refractivity contribution in [3.05, 3.63) is 34.8 Å². The molecule has 2 aromatic rings. The summed E-state index contributed by atoms with van der Waals surface area (Å²) >= 11 is 3.41. The predicted molar refractivity (Wildman–Crippen MR) is 68.6 cm³/mol. The third-order valence-corrected chi connectivity index (χ3v) is 2.96. The van der Waals surface area contributed by atoms with Crippen LogP contribution in [-0.4, -0.2) is 14.8 Å². The lowest BCUT2D eigenvalue weighted by atomic mass is 10.3. The molecule has 5 nitrogen and oxygen atoms in total. The summed E-state index contributed by atoms with van der Waals surface area (Å²) in [7, 11) is 0. The fourth-order valence-corrected chi connectivity index (χ4v) is 1.80. The third-order valence-electron chi connectivity index (χ3n) is 2.31. The second-order valence-electron chi connectivity index (χ2n) is 3.47. The van der Waals surface area contributed by atoms with Crippen molar-refractivity contribution in [2.24, 2.45) is 0 Å². The highest BCUT2D eigenvalue weighted by Crippen LogP contribution is 2.27. The van der Waals surface area contributed by atoms with Gasteiger partial charge in [0.2, 0.25) is 0 Å². The molecule has 0 aliphatic rings. The summed E-state index contributed by atoms with van der Waals surface area (Å²) in [4.78, 5) is 4.13. The summed E-state index contributed by atoms with van der Waals surface area (Å²) < 4.78 is 8.32. The molecule has 0 radical (unpaired) electrons. The summed E-state index contributed by atoms with van der Waals surface area (Å²) in [6.07, 6.45) is 1.52. The minimum atomic E-state index is 0.371. The lowest BCUT2D eigenvalue weighted by Gasteiger charge is -2.08. The van der Waals surface area contributed by atoms with Gasteiger partial charge in [-0.15, -0.1) is 0 Å². The maximum Gasteiger partial charge on any atom is 0.164 e. The Kier molecular flexibility index (Phi) is 3.63. The van der Waals surface area contributed by atoms with Crippen molar-refractivity contribution < 1.29 is 4.74 Å². The molecule has 0 fully saturated rings. The van der Waals surface area contributed by atoms with E-state index in [9.17, 15) is 0 Å². The number of anilines is 1. The van der Waals surface area contributed by atoms with Crippen molar-refractivity contribution in [3.63, 3.8) is 0 Å². The number of aromatic nitrogens is 3. The average Bonchev–Trinajstić information content (AvgIpc) is 2.77. The second-order valence-corrected chi connectivity index (χ2v) is 4.32. The zero-order valence-corrected chi connectivity index (χ0v) is 11.0. The van der Waals surface area contributed by atoms with Crippen molar-refractivity contribution in [1.82, 2.24) is 14.8 Å². The van der Waals surface area contributed by atoms with Crippen LogP contribution in [-0.2, 0) is 13.2 Å². The van der Waals surface area contributed by atoms with E-state index in [2.05, 4.69) is 26.0 Å². The van der Waals surface area contributed by atoms with Crippen LogP contribution in [0.25, 0.3) is 0 Å². The Balaban J connectivity index is 2.09. The summed E-state index contributed by atoms with van der Waals surface area (Å²) in [5.41, 5.74) is 6.37. The second kappa shape index (κ2) is 5.18. The van der Waals surface area contributed by atoms with Crippen LogP contribution in [0, 0.1) is 0 Å². The Labute approximate surface area is 108 Å². The molecule has 0 aliphatic carbocycles. The van der Waals surface area contributed by atoms with Crippen molar-refractivity contribution in [2.45, 2.75) is 20.1 Å². The molecule has 0 aliphatic heterocycles. The summed E-state index contributed by atoms with van der Waals surface area (Å²) in [6, 6.07) is 5.44. The Morgan fingerprint density at radius 1 is 1.47 bits per heavy atom. The lowest BCUT2D eigenvalue weighted by Crippen LogP contribution is -2.07. The van der Waals surface area contributed by atoms with E-state index in [1.165, 1.54) is 6.33 Å². The van der Waals surface area contributed by atoms with Crippen LogP contribution >= 0.6 is 15.9 Å². The number of benzene rings is 1. The first-order valence-corrected chi connectivity index (χ1v) is 6.04. The molecule has 0 amide bonds. The monoisotopic (exact) mass is 296 g/mol. The first-order valence-electron chi connectivity index (χ1n) is 5.25. The van der Waals surface area contributed by atoms with Crippen LogP contribution in [0.5, 0.6) is 5.75 Å². The van der Waals surface area contributed by atoms with Gasteiger partial charge in [-0.2, -0.15) is 5.10 Å². The van der Waals surface area contributed by atoms with E-state index in [4.69, 9.17) is 10.5 Å². The van der Waals surface area contributed by atoms with Crippen molar-refractivity contribution in [2.75, 3.05) is 5.73 Å². The van der Waals surface area contributed by atoms with Crippen molar-refractivity contribution in [3.8, 4) is 5.75 Å². The van der Waals surface area contributed by atoms with Gasteiger partial charge in [-0.1, -0.05) is 0 Å². The minimum absolute atomic E-state index is 0.371. The molecule has 6 heteroatoms. The van der Waals surface area contributed by atoms with Crippen LogP contribution in [0.1, 0.15) is 12.7 Å². The van der Waals surface area contributed by atoms with Gasteiger partial charge in [0.1, 0.15) is 18.7 Å². The number of nitrogen functional groups attached to an aromatic ring is 1. The molecule has 1 aromatic carbocycles. The number of nitrogens with two attached hydrogens (primary N) is 1. The SMILES string of the molecule is CCn1ncnc1COc1cc(N)ccc1Br. The van der Waals surface area contributed by atoms with E-state index < -0.39 is 0 Å². The van der Waals surface area contributed by atoms with E-state index >= 15 is 0 Å². The Morgan fingerprint density at radius 2 is 2.29 bits per heavy atom. The predicted octanol–water partition coefficient (Wildman–Crippen LogP) is 2.22. The molecule has 1 aromatic heterocycles. The number of rotatable bonds is 4. The van der Waals surface area contributed by atoms with Gasteiger partial charge in [0.15, 0.2) is 5.82 Å². The summed E-state index contributed by atoms with van der Waals surface area (Å²) in [6.45, 7) is 3.15. The molecule has 1 heterocycles. The van der Waals surface area contributed by atoms with Crippen LogP contribution < -0.4 is 10.5 Å². The topological polar surface area (TPSA) is 66.0 Å². The molecular formula is C11H13BrN4O. The molecule has 2 N–H and O–H groups in total. The highest BCUT2D eigenvalue weighted by atomic mass is 79.9. The van der Waals surface area contributed by atoms with E-state index in [0.717, 1.165) is 16.8 Å². The maximum atomic E-state index is 5.70. The first-order chi connectivity index (χ1) is 8.20. The van der Waals surface area contributed by atoms with Crippen LogP contribution in [0.3, 0.4) is 0 Å². The highest BCUT2D eigenvalue weighted by molar-refractivity contribution is 9.10. The summed E-state index contributed by atoms with van der Waals surface area (Å²) in [5, 5.41) is 4.08. The molecule has 17 heavy (non-hydrogen) atoms. The van der Waals surface area contributed by atoms with Crippen LogP contribution in [0.4, 0.5) is 5.69 Å². The quantitative estimate of drug-likeness (QED) is 0.879. The first kappa shape index (κ1) is 11.9. The van der Waals surface area contributed by atoms with E-state index in [0.29, 0.717) is 18.0 Å². The summed E-state index contributed by atoms with van der Waals surface area (Å²) in [5.74, 6) is 1.50. The molecule has 0 atom stereocenters. The fraction of sp³-hybridized carbons (Fsp3) is 0.273. The van der Waals surface area contributed by atoms with Crippen LogP contribution in [0.15, 0.2) is 29.0 Å². The van der Waals surface area contributed by atoms with Gasteiger partial charge in [0, 0.05) is 18.3 Å². The van der Waals surface area contributed by atoms with Crippen LogP contribution in [0.2, 0.25) is 0 Å². The number of halogens is 1. The largest absolute Gasteiger partial charge is 0.484 e. The van der Waals surface area contributed by atoms with Gasteiger partial charge in [-0.25, -0.2) is 9.67 Å². The molecule has 0 spiro atoms. The zero-order valence-electron chi connectivity index (χ0n) is 9.43. The Morgan fingerprint density at radius 3 is 3.06 bits per heavy atom. The Bertz CT molecular complexity index is 512. The van der Waals surface area contributed by atoms with Gasteiger partial charge in [0.25, 0.3) is 0 Å². The molecule has 90 valence electrons. The smallest absolute Gasteiger partial charge is 0.164 e. The molecule has 0 bridgehead atoms. The lowest BCUT2D eigenvalue weighted by molar-refractivity contribution is 0.285. The number of aryl methyl sites for hydroxylation is 1. The minimum Gasteiger partial charge on any atom is -0.484 e. The fourth-order valence-electron chi connectivity index (χ4n) is 1.44. The van der Waals surface area contributed by atoms with Gasteiger partial charge in [0.05, 0.1) is 4.47 Å². The highest BCUT2D eigenvalue weighted by Gasteiger charge is 2.06. The van der Waals surface area contributed by atoms with Gasteiger partial charge in [-0.3, -0.25) is 0 Å². The standard InChI is InChI=1S/C11H13BrN4O/c1-2-16-11(14-7-15-16)6-17-10-5-8(13)3-4-9(10)12/h3-5,7H,2,6,13H2,1H3. The third kappa shape index (κ3) is 2.76. The van der Waals surface area contributed by atoms with E-state index in [-0.39, 0.29) is 0 Å². The number of hydrogen-bond acceptors (Lipinski definition) is 4. The Hall–Kier alpha value is -1.56.